The SMILES string of the molecule is CNCc1ccccc1SC(C)CCO. The van der Waals surface area contributed by atoms with Gasteiger partial charge in [-0.2, -0.15) is 0 Å². The van der Waals surface area contributed by atoms with Crippen LogP contribution in [-0.2, 0) is 6.54 Å². The summed E-state index contributed by atoms with van der Waals surface area (Å²) in [6, 6.07) is 8.41. The number of hydrogen-bond donors (Lipinski definition) is 2. The van der Waals surface area contributed by atoms with Crippen molar-refractivity contribution in [3.05, 3.63) is 29.8 Å². The van der Waals surface area contributed by atoms with Crippen LogP contribution in [0.25, 0.3) is 0 Å². The Morgan fingerprint density at radius 3 is 2.80 bits per heavy atom. The Kier molecular flexibility index (Phi) is 5.76. The maximum atomic E-state index is 8.86. The minimum Gasteiger partial charge on any atom is -0.396 e. The van der Waals surface area contributed by atoms with Gasteiger partial charge in [0.1, 0.15) is 0 Å². The molecule has 1 atom stereocenters. The van der Waals surface area contributed by atoms with Crippen LogP contribution in [0, 0.1) is 0 Å². The lowest BCUT2D eigenvalue weighted by Crippen LogP contribution is -2.07. The molecule has 0 aliphatic heterocycles. The molecular weight excluding hydrogens is 206 g/mol. The van der Waals surface area contributed by atoms with Crippen molar-refractivity contribution in [2.75, 3.05) is 13.7 Å². The number of benzene rings is 1. The molecule has 0 bridgehead atoms. The summed E-state index contributed by atoms with van der Waals surface area (Å²) in [5, 5.41) is 12.5. The van der Waals surface area contributed by atoms with Crippen molar-refractivity contribution in [1.82, 2.24) is 5.32 Å². The van der Waals surface area contributed by atoms with Gasteiger partial charge in [0, 0.05) is 23.3 Å². The topological polar surface area (TPSA) is 32.3 Å². The molecule has 0 aliphatic rings. The fourth-order valence-corrected chi connectivity index (χ4v) is 2.52. The highest BCUT2D eigenvalue weighted by molar-refractivity contribution is 8.00. The molecule has 0 aliphatic carbocycles. The largest absolute Gasteiger partial charge is 0.396 e. The van der Waals surface area contributed by atoms with E-state index in [1.165, 1.54) is 10.5 Å². The van der Waals surface area contributed by atoms with Crippen LogP contribution >= 0.6 is 11.8 Å². The van der Waals surface area contributed by atoms with Crippen LogP contribution in [0.3, 0.4) is 0 Å². The minimum absolute atomic E-state index is 0.266. The van der Waals surface area contributed by atoms with Gasteiger partial charge in [-0.1, -0.05) is 25.1 Å². The molecule has 0 radical (unpaired) electrons. The van der Waals surface area contributed by atoms with Crippen LogP contribution in [0.5, 0.6) is 0 Å². The zero-order chi connectivity index (χ0) is 11.1. The number of nitrogens with one attached hydrogen (secondary N) is 1. The minimum atomic E-state index is 0.266. The fraction of sp³-hybridized carbons (Fsp3) is 0.500. The van der Waals surface area contributed by atoms with E-state index in [9.17, 15) is 0 Å². The first kappa shape index (κ1) is 12.6. The van der Waals surface area contributed by atoms with Crippen molar-refractivity contribution in [2.24, 2.45) is 0 Å². The lowest BCUT2D eigenvalue weighted by molar-refractivity contribution is 0.289. The number of hydrogen-bond acceptors (Lipinski definition) is 3. The summed E-state index contributed by atoms with van der Waals surface area (Å²) >= 11 is 1.83. The summed E-state index contributed by atoms with van der Waals surface area (Å²) in [4.78, 5) is 1.31. The average Bonchev–Trinajstić information content (AvgIpc) is 2.21. The summed E-state index contributed by atoms with van der Waals surface area (Å²) in [5.74, 6) is 0. The van der Waals surface area contributed by atoms with E-state index >= 15 is 0 Å². The fourth-order valence-electron chi connectivity index (χ4n) is 1.41. The first-order valence-corrected chi connectivity index (χ1v) is 6.16. The molecule has 2 N–H and O–H groups in total. The third-order valence-electron chi connectivity index (χ3n) is 2.20. The molecule has 1 unspecified atom stereocenters. The molecule has 0 aromatic heterocycles. The van der Waals surface area contributed by atoms with Crippen molar-refractivity contribution in [3.63, 3.8) is 0 Å². The average molecular weight is 225 g/mol. The van der Waals surface area contributed by atoms with Crippen LogP contribution in [0.1, 0.15) is 18.9 Å². The van der Waals surface area contributed by atoms with Crippen molar-refractivity contribution >= 4 is 11.8 Å². The Labute approximate surface area is 96.1 Å². The van der Waals surface area contributed by atoms with Gasteiger partial charge in [0.05, 0.1) is 0 Å². The van der Waals surface area contributed by atoms with Crippen molar-refractivity contribution < 1.29 is 5.11 Å². The van der Waals surface area contributed by atoms with E-state index in [-0.39, 0.29) is 6.61 Å². The molecule has 15 heavy (non-hydrogen) atoms. The van der Waals surface area contributed by atoms with Crippen molar-refractivity contribution in [2.45, 2.75) is 30.0 Å². The Balaban J connectivity index is 2.66. The number of rotatable bonds is 6. The monoisotopic (exact) mass is 225 g/mol. The number of aliphatic hydroxyl groups is 1. The molecule has 1 aromatic rings. The zero-order valence-corrected chi connectivity index (χ0v) is 10.2. The normalized spacial score (nSPS) is 12.7. The Hall–Kier alpha value is -0.510. The second kappa shape index (κ2) is 6.88. The third kappa shape index (κ3) is 4.24. The quantitative estimate of drug-likeness (QED) is 0.728. The summed E-state index contributed by atoms with van der Waals surface area (Å²) in [5.41, 5.74) is 1.33. The summed E-state index contributed by atoms with van der Waals surface area (Å²) < 4.78 is 0. The molecule has 84 valence electrons. The Morgan fingerprint density at radius 2 is 2.13 bits per heavy atom. The van der Waals surface area contributed by atoms with Gasteiger partial charge in [-0.15, -0.1) is 11.8 Å². The molecule has 1 rings (SSSR count). The van der Waals surface area contributed by atoms with Crippen LogP contribution in [0.4, 0.5) is 0 Å². The maximum Gasteiger partial charge on any atom is 0.0441 e. The molecule has 0 amide bonds. The molecule has 0 saturated carbocycles. The third-order valence-corrected chi connectivity index (χ3v) is 3.49. The summed E-state index contributed by atoms with van der Waals surface area (Å²) in [6.07, 6.45) is 0.846. The van der Waals surface area contributed by atoms with Gasteiger partial charge in [0.25, 0.3) is 0 Å². The zero-order valence-electron chi connectivity index (χ0n) is 9.36. The van der Waals surface area contributed by atoms with Gasteiger partial charge in [-0.3, -0.25) is 0 Å². The van der Waals surface area contributed by atoms with Crippen LogP contribution in [-0.4, -0.2) is 24.0 Å². The van der Waals surface area contributed by atoms with Crippen LogP contribution in [0.2, 0.25) is 0 Å². The molecule has 2 nitrogen and oxygen atoms in total. The predicted octanol–water partition coefficient (Wildman–Crippen LogP) is 2.27. The maximum absolute atomic E-state index is 8.86. The Bertz CT molecular complexity index is 291. The number of aliphatic hydroxyl groups excluding tert-OH is 1. The van der Waals surface area contributed by atoms with Gasteiger partial charge in [0.15, 0.2) is 0 Å². The highest BCUT2D eigenvalue weighted by atomic mass is 32.2. The van der Waals surface area contributed by atoms with E-state index in [1.54, 1.807) is 0 Å². The van der Waals surface area contributed by atoms with E-state index in [0.717, 1.165) is 13.0 Å². The number of thioether (sulfide) groups is 1. The van der Waals surface area contributed by atoms with Gasteiger partial charge in [-0.25, -0.2) is 0 Å². The van der Waals surface area contributed by atoms with Crippen LogP contribution < -0.4 is 5.32 Å². The molecule has 0 heterocycles. The first-order valence-electron chi connectivity index (χ1n) is 5.28. The Morgan fingerprint density at radius 1 is 1.40 bits per heavy atom. The molecule has 0 spiro atoms. The molecule has 3 heteroatoms. The summed E-state index contributed by atoms with van der Waals surface area (Å²) in [6.45, 7) is 3.31. The molecular formula is C12H19NOS. The standard InChI is InChI=1S/C12H19NOS/c1-10(7-8-14)15-12-6-4-3-5-11(12)9-13-2/h3-6,10,13-14H,7-9H2,1-2H3. The second-order valence-electron chi connectivity index (χ2n) is 3.58. The predicted molar refractivity (Wildman–Crippen MR) is 66.2 cm³/mol. The lowest BCUT2D eigenvalue weighted by atomic mass is 10.2. The van der Waals surface area contributed by atoms with E-state index in [4.69, 9.17) is 5.11 Å². The van der Waals surface area contributed by atoms with E-state index < -0.39 is 0 Å². The van der Waals surface area contributed by atoms with Gasteiger partial charge in [-0.05, 0) is 25.1 Å². The smallest absolute Gasteiger partial charge is 0.0441 e. The second-order valence-corrected chi connectivity index (χ2v) is 5.06. The highest BCUT2D eigenvalue weighted by Gasteiger charge is 2.06. The van der Waals surface area contributed by atoms with Crippen molar-refractivity contribution in [1.29, 1.82) is 0 Å². The lowest BCUT2D eigenvalue weighted by Gasteiger charge is -2.13. The first-order chi connectivity index (χ1) is 7.27. The molecule has 0 saturated heterocycles. The van der Waals surface area contributed by atoms with Gasteiger partial charge in [0.2, 0.25) is 0 Å². The van der Waals surface area contributed by atoms with E-state index in [1.807, 2.05) is 18.8 Å². The van der Waals surface area contributed by atoms with E-state index in [0.29, 0.717) is 5.25 Å². The summed E-state index contributed by atoms with van der Waals surface area (Å²) in [7, 11) is 1.96. The van der Waals surface area contributed by atoms with Gasteiger partial charge >= 0.3 is 0 Å². The van der Waals surface area contributed by atoms with E-state index in [2.05, 4.69) is 36.5 Å². The highest BCUT2D eigenvalue weighted by Crippen LogP contribution is 2.28. The van der Waals surface area contributed by atoms with Gasteiger partial charge < -0.3 is 10.4 Å². The molecule has 0 fully saturated rings. The van der Waals surface area contributed by atoms with Crippen molar-refractivity contribution in [3.8, 4) is 0 Å². The van der Waals surface area contributed by atoms with Crippen LogP contribution in [0.15, 0.2) is 29.2 Å². The molecule has 1 aromatic carbocycles.